The van der Waals surface area contributed by atoms with E-state index in [0.29, 0.717) is 0 Å². The maximum absolute atomic E-state index is 2.77. The van der Waals surface area contributed by atoms with Crippen LogP contribution in [0.15, 0.2) is 170 Å². The van der Waals surface area contributed by atoms with Gasteiger partial charge in [0.2, 0.25) is 0 Å². The van der Waals surface area contributed by atoms with Gasteiger partial charge in [-0.3, -0.25) is 0 Å². The van der Waals surface area contributed by atoms with Crippen LogP contribution in [0.3, 0.4) is 0 Å². The Bertz CT molecular complexity index is 4070. The fourth-order valence-electron chi connectivity index (χ4n) is 14.2. The number of hydrogen-bond donors (Lipinski definition) is 0. The van der Waals surface area contributed by atoms with Crippen molar-refractivity contribution in [2.24, 2.45) is 0 Å². The van der Waals surface area contributed by atoms with Gasteiger partial charge in [0.15, 0.2) is 0 Å². The van der Waals surface area contributed by atoms with E-state index in [1.165, 1.54) is 144 Å². The van der Waals surface area contributed by atoms with E-state index in [9.17, 15) is 0 Å². The second-order valence-corrected chi connectivity index (χ2v) is 26.6. The third-order valence-electron chi connectivity index (χ3n) is 18.0. The molecule has 0 atom stereocenters. The molecule has 0 fully saturated rings. The summed E-state index contributed by atoms with van der Waals surface area (Å²) in [6.07, 6.45) is 0. The summed E-state index contributed by atoms with van der Waals surface area (Å²) in [7, 11) is 0. The fraction of sp³-hybridized carbons (Fsp3) is 0.250. The monoisotopic (exact) mass is 971 g/mol. The number of nitrogens with zero attached hydrogens (tertiary/aromatic N) is 2. The van der Waals surface area contributed by atoms with Gasteiger partial charge in [0, 0.05) is 44.4 Å². The molecule has 0 amide bonds. The van der Waals surface area contributed by atoms with E-state index in [4.69, 9.17) is 0 Å². The summed E-state index contributed by atoms with van der Waals surface area (Å²) >= 11 is 0. The van der Waals surface area contributed by atoms with E-state index < -0.39 is 5.41 Å². The van der Waals surface area contributed by atoms with Gasteiger partial charge in [-0.15, -0.1) is 0 Å². The Hall–Kier alpha value is -7.36. The van der Waals surface area contributed by atoms with Crippen LogP contribution >= 0.6 is 0 Å². The van der Waals surface area contributed by atoms with Crippen molar-refractivity contribution in [2.75, 3.05) is 4.90 Å². The molecule has 0 bridgehead atoms. The van der Waals surface area contributed by atoms with Gasteiger partial charge < -0.3 is 9.38 Å². The molecule has 2 aliphatic carbocycles. The molecule has 368 valence electrons. The van der Waals surface area contributed by atoms with Crippen molar-refractivity contribution in [2.45, 2.75) is 117 Å². The molecule has 10 aromatic rings. The van der Waals surface area contributed by atoms with E-state index >= 15 is 0 Å². The first-order chi connectivity index (χ1) is 35.7. The van der Waals surface area contributed by atoms with Crippen LogP contribution in [-0.2, 0) is 27.1 Å². The average molecular weight is 971 g/mol. The van der Waals surface area contributed by atoms with Crippen molar-refractivity contribution < 1.29 is 0 Å². The molecule has 1 spiro atoms. The molecule has 3 heterocycles. The minimum Gasteiger partial charge on any atom is -0.375 e. The van der Waals surface area contributed by atoms with Crippen LogP contribution < -0.4 is 15.8 Å². The molecule has 2 nitrogen and oxygen atoms in total. The molecule has 0 unspecified atom stereocenters. The van der Waals surface area contributed by atoms with E-state index in [2.05, 4.69) is 269 Å². The summed E-state index contributed by atoms with van der Waals surface area (Å²) < 4.78 is 2.77. The molecule has 9 aromatic carbocycles. The number of benzene rings is 9. The van der Waals surface area contributed by atoms with E-state index in [1.807, 2.05) is 0 Å². The first-order valence-corrected chi connectivity index (χ1v) is 27.5. The van der Waals surface area contributed by atoms with Gasteiger partial charge in [-0.2, -0.15) is 0 Å². The van der Waals surface area contributed by atoms with Gasteiger partial charge in [-0.05, 0) is 177 Å². The maximum atomic E-state index is 2.77. The van der Waals surface area contributed by atoms with Gasteiger partial charge in [0.05, 0.1) is 5.41 Å². The first kappa shape index (κ1) is 46.2. The summed E-state index contributed by atoms with van der Waals surface area (Å²) in [6.45, 7) is 30.6. The molecule has 0 saturated carbocycles. The molecule has 0 radical (unpaired) electrons. The normalized spacial score (nSPS) is 14.8. The average Bonchev–Trinajstić information content (AvgIpc) is 4.00. The summed E-state index contributed by atoms with van der Waals surface area (Å²) in [4.78, 5) is 2.63. The standard InChI is InChI=1S/C72H67BN2/c1-42-52(50-24-20-28-59-65(50)51-23-16-19-27-58(51)72(59)56-25-17-14-21-48(56)49-22-15-18-26-57(49)72)41-63-66-64(42)55-39-46(71(11,12)13)38-54-53-37-44(69(5,6)7)31-35-61(53)75(67(54)55)73(66)60-40-45(70(8,9)10)32-36-62(60)74(63)47-33-29-43(30-34-47)68(2,3)4/h14-41H,1-13H3. The molecule has 0 N–H and O–H groups in total. The molecule has 4 aliphatic rings. The quantitative estimate of drug-likeness (QED) is 0.157. The van der Waals surface area contributed by atoms with Crippen LogP contribution in [0, 0.1) is 6.92 Å². The van der Waals surface area contributed by atoms with E-state index in [1.54, 1.807) is 0 Å². The van der Waals surface area contributed by atoms with Crippen LogP contribution in [0.2, 0.25) is 0 Å². The summed E-state index contributed by atoms with van der Waals surface area (Å²) in [5, 5.41) is 2.69. The van der Waals surface area contributed by atoms with Crippen molar-refractivity contribution in [3.8, 4) is 44.5 Å². The lowest BCUT2D eigenvalue weighted by Crippen LogP contribution is -2.57. The Morgan fingerprint density at radius 3 is 1.53 bits per heavy atom. The van der Waals surface area contributed by atoms with Crippen molar-refractivity contribution in [3.05, 3.63) is 220 Å². The van der Waals surface area contributed by atoms with Crippen LogP contribution in [-0.4, -0.2) is 11.3 Å². The second-order valence-electron chi connectivity index (χ2n) is 26.6. The van der Waals surface area contributed by atoms with E-state index in [-0.39, 0.29) is 28.5 Å². The minimum absolute atomic E-state index is 0.00718. The zero-order valence-corrected chi connectivity index (χ0v) is 46.1. The predicted octanol–water partition coefficient (Wildman–Crippen LogP) is 17.7. The van der Waals surface area contributed by atoms with Crippen molar-refractivity contribution >= 4 is 56.6 Å². The fourth-order valence-corrected chi connectivity index (χ4v) is 14.2. The lowest BCUT2D eigenvalue weighted by molar-refractivity contribution is 0.590. The van der Waals surface area contributed by atoms with Crippen LogP contribution in [0.25, 0.3) is 66.3 Å². The lowest BCUT2D eigenvalue weighted by Gasteiger charge is -2.42. The number of rotatable bonds is 2. The third kappa shape index (κ3) is 6.22. The summed E-state index contributed by atoms with van der Waals surface area (Å²) in [6, 6.07) is 67.0. The molecule has 3 heteroatoms. The van der Waals surface area contributed by atoms with Crippen molar-refractivity contribution in [1.82, 2.24) is 4.48 Å². The van der Waals surface area contributed by atoms with Gasteiger partial charge in [0.25, 0.3) is 0 Å². The lowest BCUT2D eigenvalue weighted by atomic mass is 9.44. The van der Waals surface area contributed by atoms with Crippen molar-refractivity contribution in [3.63, 3.8) is 0 Å². The molecule has 2 aliphatic heterocycles. The largest absolute Gasteiger partial charge is 0.375 e. The Morgan fingerprint density at radius 1 is 0.387 bits per heavy atom. The zero-order chi connectivity index (χ0) is 52.0. The van der Waals surface area contributed by atoms with E-state index in [0.717, 1.165) is 0 Å². The Morgan fingerprint density at radius 2 is 0.907 bits per heavy atom. The Balaban J connectivity index is 1.15. The molecular weight excluding hydrogens is 904 g/mol. The van der Waals surface area contributed by atoms with Gasteiger partial charge in [0.1, 0.15) is 0 Å². The van der Waals surface area contributed by atoms with Crippen LogP contribution in [0.5, 0.6) is 0 Å². The molecule has 0 saturated heterocycles. The topological polar surface area (TPSA) is 8.17 Å². The summed E-state index contributed by atoms with van der Waals surface area (Å²) in [5.74, 6) is 0. The zero-order valence-electron chi connectivity index (χ0n) is 46.1. The van der Waals surface area contributed by atoms with Gasteiger partial charge >= 0.3 is 6.85 Å². The SMILES string of the molecule is Cc1c(-c2cccc3c2-c2ccccc2C32c3ccccc3-c3ccccc32)cc2c3c1-c1cc(C(C)(C)C)cc4c5cc(C(C)(C)C)ccc5n(c14)B3c1cc(C(C)(C)C)ccc1N2c1ccc(C(C)(C)C)cc1. The number of aromatic nitrogens is 1. The number of hydrogen-bond acceptors (Lipinski definition) is 1. The Kier molecular flexibility index (Phi) is 9.34. The summed E-state index contributed by atoms with van der Waals surface area (Å²) in [5.41, 5.74) is 31.2. The predicted molar refractivity (Wildman–Crippen MR) is 321 cm³/mol. The smallest absolute Gasteiger partial charge is 0.333 e. The molecule has 14 rings (SSSR count). The highest BCUT2D eigenvalue weighted by molar-refractivity contribution is 6.90. The third-order valence-corrected chi connectivity index (χ3v) is 18.0. The van der Waals surface area contributed by atoms with Gasteiger partial charge in [-0.1, -0.05) is 204 Å². The number of fused-ring (bicyclic) bond motifs is 17. The van der Waals surface area contributed by atoms with Gasteiger partial charge in [-0.25, -0.2) is 0 Å². The second kappa shape index (κ2) is 15.2. The molecular formula is C72H67BN2. The highest BCUT2D eigenvalue weighted by Gasteiger charge is 2.53. The first-order valence-electron chi connectivity index (χ1n) is 27.5. The maximum Gasteiger partial charge on any atom is 0.333 e. The highest BCUT2D eigenvalue weighted by Crippen LogP contribution is 2.64. The molecule has 1 aromatic heterocycles. The minimum atomic E-state index is -0.443. The molecule has 75 heavy (non-hydrogen) atoms. The van der Waals surface area contributed by atoms with Crippen molar-refractivity contribution in [1.29, 1.82) is 0 Å². The van der Waals surface area contributed by atoms with Crippen LogP contribution in [0.1, 0.15) is 133 Å². The number of anilines is 3. The highest BCUT2D eigenvalue weighted by atomic mass is 15.2. The Labute approximate surface area is 445 Å². The van der Waals surface area contributed by atoms with Crippen LogP contribution in [0.4, 0.5) is 17.1 Å².